The number of nitrogens with zero attached hydrogens (tertiary/aromatic N) is 5. The fourth-order valence-electron chi connectivity index (χ4n) is 4.48. The zero-order valence-electron chi connectivity index (χ0n) is 18.9. The minimum atomic E-state index is -0.727. The Balaban J connectivity index is 1.61. The quantitative estimate of drug-likeness (QED) is 0.629. The maximum Gasteiger partial charge on any atom is 0.248 e. The van der Waals surface area contributed by atoms with Crippen LogP contribution in [0.2, 0.25) is 0 Å². The smallest absolute Gasteiger partial charge is 0.248 e. The molecule has 1 fully saturated rings. The van der Waals surface area contributed by atoms with Gasteiger partial charge in [0.05, 0.1) is 18.8 Å². The lowest BCUT2D eigenvalue weighted by Gasteiger charge is -2.34. The lowest BCUT2D eigenvalue weighted by Crippen LogP contribution is -2.49. The van der Waals surface area contributed by atoms with E-state index in [4.69, 9.17) is 0 Å². The van der Waals surface area contributed by atoms with Crippen molar-refractivity contribution in [2.24, 2.45) is 5.41 Å². The fraction of sp³-hybridized carbons (Fsp3) is 0.478. The molecule has 2 amide bonds. The van der Waals surface area contributed by atoms with Gasteiger partial charge in [0.2, 0.25) is 11.8 Å². The van der Waals surface area contributed by atoms with E-state index in [-0.39, 0.29) is 24.8 Å². The van der Waals surface area contributed by atoms with E-state index in [1.165, 1.54) is 11.9 Å². The van der Waals surface area contributed by atoms with Crippen LogP contribution in [0.1, 0.15) is 38.9 Å². The third-order valence-corrected chi connectivity index (χ3v) is 6.00. The van der Waals surface area contributed by atoms with E-state index < -0.39 is 23.6 Å². The first kappa shape index (κ1) is 22.0. The Morgan fingerprint density at radius 1 is 1.25 bits per heavy atom. The number of aromatic nitrogens is 4. The van der Waals surface area contributed by atoms with Gasteiger partial charge in [0.1, 0.15) is 17.8 Å². The SMILES string of the molecule is CNC(=O)[C@@H]1C[C@@H](O)CN1C(=O)[C@@H](n1cc(Cn2ccc3ccccc32)nn1)C(C)(C)C. The van der Waals surface area contributed by atoms with Gasteiger partial charge in [0.15, 0.2) is 0 Å². The summed E-state index contributed by atoms with van der Waals surface area (Å²) in [6.07, 6.45) is 3.31. The lowest BCUT2D eigenvalue weighted by molar-refractivity contribution is -0.144. The van der Waals surface area contributed by atoms with Gasteiger partial charge < -0.3 is 19.9 Å². The van der Waals surface area contributed by atoms with Crippen LogP contribution in [0.4, 0.5) is 0 Å². The number of benzene rings is 1. The third kappa shape index (κ3) is 4.12. The molecule has 0 bridgehead atoms. The van der Waals surface area contributed by atoms with Crippen LogP contribution in [0, 0.1) is 5.41 Å². The molecule has 0 saturated carbocycles. The average molecular weight is 439 g/mol. The summed E-state index contributed by atoms with van der Waals surface area (Å²) < 4.78 is 3.69. The van der Waals surface area contributed by atoms with Crippen molar-refractivity contribution in [2.75, 3.05) is 13.6 Å². The Labute approximate surface area is 187 Å². The number of hydrogen-bond acceptors (Lipinski definition) is 5. The predicted molar refractivity (Wildman–Crippen MR) is 120 cm³/mol. The highest BCUT2D eigenvalue weighted by Crippen LogP contribution is 2.34. The minimum Gasteiger partial charge on any atom is -0.391 e. The van der Waals surface area contributed by atoms with E-state index in [9.17, 15) is 14.7 Å². The summed E-state index contributed by atoms with van der Waals surface area (Å²) in [7, 11) is 1.53. The monoisotopic (exact) mass is 438 g/mol. The predicted octanol–water partition coefficient (Wildman–Crippen LogP) is 1.58. The van der Waals surface area contributed by atoms with Crippen LogP contribution in [0.3, 0.4) is 0 Å². The molecule has 3 atom stereocenters. The normalized spacial score (nSPS) is 20.0. The van der Waals surface area contributed by atoms with Crippen LogP contribution < -0.4 is 5.32 Å². The van der Waals surface area contributed by atoms with E-state index >= 15 is 0 Å². The number of hydrogen-bond donors (Lipinski definition) is 2. The second-order valence-corrected chi connectivity index (χ2v) is 9.47. The van der Waals surface area contributed by atoms with Crippen molar-refractivity contribution >= 4 is 22.7 Å². The van der Waals surface area contributed by atoms with E-state index in [1.807, 2.05) is 39.1 Å². The Morgan fingerprint density at radius 3 is 2.72 bits per heavy atom. The number of carbonyl (C=O) groups is 2. The molecule has 0 radical (unpaired) electrons. The number of likely N-dealkylation sites (N-methyl/N-ethyl adjacent to an activating group) is 1. The number of aliphatic hydroxyl groups is 1. The number of fused-ring (bicyclic) bond motifs is 1. The van der Waals surface area contributed by atoms with Crippen LogP contribution >= 0.6 is 0 Å². The molecule has 2 N–H and O–H groups in total. The number of amides is 2. The molecule has 4 rings (SSSR count). The third-order valence-electron chi connectivity index (χ3n) is 6.00. The van der Waals surface area contributed by atoms with Crippen LogP contribution in [-0.4, -0.2) is 67.1 Å². The summed E-state index contributed by atoms with van der Waals surface area (Å²) in [6, 6.07) is 8.81. The molecule has 32 heavy (non-hydrogen) atoms. The Morgan fingerprint density at radius 2 is 2.00 bits per heavy atom. The molecule has 3 aromatic rings. The van der Waals surface area contributed by atoms with Gasteiger partial charge in [0.25, 0.3) is 0 Å². The summed E-state index contributed by atoms with van der Waals surface area (Å²) in [5.74, 6) is -0.521. The van der Waals surface area contributed by atoms with E-state index in [0.29, 0.717) is 6.54 Å². The second-order valence-electron chi connectivity index (χ2n) is 9.47. The zero-order chi connectivity index (χ0) is 23.0. The number of nitrogens with one attached hydrogen (secondary N) is 1. The largest absolute Gasteiger partial charge is 0.391 e. The molecule has 1 aromatic carbocycles. The molecule has 1 saturated heterocycles. The molecule has 0 aliphatic carbocycles. The van der Waals surface area contributed by atoms with Crippen molar-refractivity contribution in [3.05, 3.63) is 48.4 Å². The van der Waals surface area contributed by atoms with Crippen LogP contribution in [-0.2, 0) is 16.1 Å². The molecule has 3 heterocycles. The molecule has 0 spiro atoms. The van der Waals surface area contributed by atoms with Crippen molar-refractivity contribution in [3.63, 3.8) is 0 Å². The van der Waals surface area contributed by atoms with Gasteiger partial charge >= 0.3 is 0 Å². The van der Waals surface area contributed by atoms with Crippen LogP contribution in [0.25, 0.3) is 10.9 Å². The van der Waals surface area contributed by atoms with Gasteiger partial charge in [0, 0.05) is 31.7 Å². The number of carbonyl (C=O) groups excluding carboxylic acids is 2. The maximum atomic E-state index is 13.6. The highest BCUT2D eigenvalue weighted by Gasteiger charge is 2.44. The summed E-state index contributed by atoms with van der Waals surface area (Å²) in [5, 5.41) is 22.5. The van der Waals surface area contributed by atoms with Gasteiger partial charge in [-0.05, 0) is 22.9 Å². The molecule has 1 aliphatic rings. The van der Waals surface area contributed by atoms with Crippen LogP contribution in [0.15, 0.2) is 42.7 Å². The number of para-hydroxylation sites is 1. The van der Waals surface area contributed by atoms with Crippen LogP contribution in [0.5, 0.6) is 0 Å². The summed E-state index contributed by atoms with van der Waals surface area (Å²) >= 11 is 0. The molecule has 1 aliphatic heterocycles. The van der Waals surface area contributed by atoms with Gasteiger partial charge in [-0.3, -0.25) is 9.59 Å². The first-order valence-electron chi connectivity index (χ1n) is 10.8. The van der Waals surface area contributed by atoms with E-state index in [2.05, 4.69) is 38.4 Å². The van der Waals surface area contributed by atoms with Crippen molar-refractivity contribution in [3.8, 4) is 0 Å². The van der Waals surface area contributed by atoms with Crippen molar-refractivity contribution in [2.45, 2.75) is 51.9 Å². The van der Waals surface area contributed by atoms with Crippen molar-refractivity contribution in [1.82, 2.24) is 29.8 Å². The average Bonchev–Trinajstić information content (AvgIpc) is 3.46. The van der Waals surface area contributed by atoms with Gasteiger partial charge in [-0.1, -0.05) is 44.2 Å². The Kier molecular flexibility index (Phi) is 5.77. The molecule has 9 heteroatoms. The highest BCUT2D eigenvalue weighted by atomic mass is 16.3. The Bertz CT molecular complexity index is 1130. The topological polar surface area (TPSA) is 105 Å². The van der Waals surface area contributed by atoms with Gasteiger partial charge in [-0.15, -0.1) is 5.10 Å². The summed E-state index contributed by atoms with van der Waals surface area (Å²) in [5.41, 5.74) is 1.35. The molecule has 2 aromatic heterocycles. The molecule has 170 valence electrons. The summed E-state index contributed by atoms with van der Waals surface area (Å²) in [6.45, 7) is 6.52. The minimum absolute atomic E-state index is 0.125. The molecule has 0 unspecified atom stereocenters. The van der Waals surface area contributed by atoms with Gasteiger partial charge in [-0.2, -0.15) is 0 Å². The van der Waals surface area contributed by atoms with E-state index in [0.717, 1.165) is 16.6 Å². The standard InChI is InChI=1S/C23H30N6O3/c1-23(2,3)20(22(32)28-14-17(30)11-19(28)21(31)24-4)29-13-16(25-26-29)12-27-10-9-15-7-5-6-8-18(15)27/h5-10,13,17,19-20,30H,11-12,14H2,1-4H3,(H,24,31)/t17-,19+,20-/m1/s1. The molecule has 9 nitrogen and oxygen atoms in total. The highest BCUT2D eigenvalue weighted by molar-refractivity contribution is 5.90. The second kappa shape index (κ2) is 8.38. The van der Waals surface area contributed by atoms with Crippen molar-refractivity contribution in [1.29, 1.82) is 0 Å². The molecular weight excluding hydrogens is 408 g/mol. The first-order chi connectivity index (χ1) is 15.2. The van der Waals surface area contributed by atoms with E-state index in [1.54, 1.807) is 10.9 Å². The fourth-order valence-corrected chi connectivity index (χ4v) is 4.48. The Hall–Kier alpha value is -3.20. The number of rotatable bonds is 5. The summed E-state index contributed by atoms with van der Waals surface area (Å²) in [4.78, 5) is 27.4. The molecular formula is C23H30N6O3. The van der Waals surface area contributed by atoms with Crippen molar-refractivity contribution < 1.29 is 14.7 Å². The maximum absolute atomic E-state index is 13.6. The number of β-amino-alcohol motifs (C(OH)–C–C–N with tert-alkyl or cyclic N) is 1. The lowest BCUT2D eigenvalue weighted by atomic mass is 9.85. The zero-order valence-corrected chi connectivity index (χ0v) is 18.9. The van der Waals surface area contributed by atoms with Gasteiger partial charge in [-0.25, -0.2) is 4.68 Å². The number of likely N-dealkylation sites (tertiary alicyclic amines) is 1. The first-order valence-corrected chi connectivity index (χ1v) is 10.8. The number of aliphatic hydroxyl groups excluding tert-OH is 1.